The van der Waals surface area contributed by atoms with Gasteiger partial charge >= 0.3 is 0 Å². The van der Waals surface area contributed by atoms with Gasteiger partial charge in [0.25, 0.3) is 0 Å². The third kappa shape index (κ3) is 4.14. The van der Waals surface area contributed by atoms with Gasteiger partial charge in [0.05, 0.1) is 0 Å². The van der Waals surface area contributed by atoms with Crippen LogP contribution in [0.25, 0.3) is 0 Å². The fourth-order valence-corrected chi connectivity index (χ4v) is 1.95. The van der Waals surface area contributed by atoms with Crippen molar-refractivity contribution in [2.45, 2.75) is 6.42 Å². The summed E-state index contributed by atoms with van der Waals surface area (Å²) < 4.78 is 5.70. The molecule has 1 atom stereocenters. The van der Waals surface area contributed by atoms with E-state index in [-0.39, 0.29) is 5.92 Å². The van der Waals surface area contributed by atoms with Gasteiger partial charge in [-0.3, -0.25) is 4.79 Å². The predicted octanol–water partition coefficient (Wildman–Crippen LogP) is 3.68. The summed E-state index contributed by atoms with van der Waals surface area (Å²) in [5.74, 6) is 1.97. The zero-order valence-corrected chi connectivity index (χ0v) is 11.3. The van der Waals surface area contributed by atoms with Gasteiger partial charge in [-0.2, -0.15) is 12.6 Å². The lowest BCUT2D eigenvalue weighted by atomic mass is 10.0. The normalized spacial score (nSPS) is 11.8. The summed E-state index contributed by atoms with van der Waals surface area (Å²) in [6.45, 7) is 0. The smallest absolute Gasteiger partial charge is 0.202 e. The third-order valence-corrected chi connectivity index (χ3v) is 3.21. The first kappa shape index (κ1) is 13.7. The molecule has 0 saturated carbocycles. The summed E-state index contributed by atoms with van der Waals surface area (Å²) in [5.41, 5.74) is 1.09. The van der Waals surface area contributed by atoms with Crippen molar-refractivity contribution in [2.24, 2.45) is 5.92 Å². The Hall–Kier alpha value is -1.74. The average Bonchev–Trinajstić information content (AvgIpc) is 2.47. The molecule has 0 aliphatic carbocycles. The van der Waals surface area contributed by atoms with Crippen LogP contribution in [0.4, 0.5) is 0 Å². The fourth-order valence-electron chi connectivity index (χ4n) is 1.75. The van der Waals surface area contributed by atoms with Crippen LogP contribution in [-0.2, 0) is 11.2 Å². The maximum Gasteiger partial charge on any atom is 0.202 e. The van der Waals surface area contributed by atoms with Crippen LogP contribution in [0.5, 0.6) is 11.5 Å². The summed E-state index contributed by atoms with van der Waals surface area (Å²) in [4.78, 5) is 10.6. The molecule has 0 amide bonds. The lowest BCUT2D eigenvalue weighted by molar-refractivity contribution is 0.482. The van der Waals surface area contributed by atoms with Crippen LogP contribution >= 0.6 is 12.6 Å². The van der Waals surface area contributed by atoms with E-state index in [9.17, 15) is 4.79 Å². The minimum atomic E-state index is -0.149. The lowest BCUT2D eigenvalue weighted by Gasteiger charge is -2.08. The molecule has 19 heavy (non-hydrogen) atoms. The second kappa shape index (κ2) is 7.00. The highest BCUT2D eigenvalue weighted by Gasteiger charge is 2.07. The van der Waals surface area contributed by atoms with Crippen LogP contribution in [0.15, 0.2) is 54.6 Å². The Kier molecular flexibility index (Phi) is 5.04. The summed E-state index contributed by atoms with van der Waals surface area (Å²) >= 11 is 4.13. The maximum absolute atomic E-state index is 10.6. The summed E-state index contributed by atoms with van der Waals surface area (Å²) in [6, 6.07) is 17.4. The number of hydrogen-bond donors (Lipinski definition) is 1. The topological polar surface area (TPSA) is 26.3 Å². The van der Waals surface area contributed by atoms with Gasteiger partial charge in [-0.15, -0.1) is 0 Å². The number of benzene rings is 2. The van der Waals surface area contributed by atoms with Gasteiger partial charge in [0.2, 0.25) is 6.29 Å². The van der Waals surface area contributed by atoms with Crippen molar-refractivity contribution in [3.8, 4) is 11.5 Å². The number of rotatable bonds is 6. The molecule has 2 rings (SSSR count). The van der Waals surface area contributed by atoms with Gasteiger partial charge in [-0.05, 0) is 36.2 Å². The van der Waals surface area contributed by atoms with Crippen molar-refractivity contribution in [1.29, 1.82) is 0 Å². The van der Waals surface area contributed by atoms with E-state index in [0.717, 1.165) is 17.1 Å². The molecule has 3 heteroatoms. The molecule has 0 aliphatic heterocycles. The highest BCUT2D eigenvalue weighted by Crippen LogP contribution is 2.21. The number of thiol groups is 1. The summed E-state index contributed by atoms with van der Waals surface area (Å²) in [7, 11) is 0. The van der Waals surface area contributed by atoms with Crippen LogP contribution in [-0.4, -0.2) is 12.0 Å². The molecule has 0 heterocycles. The highest BCUT2D eigenvalue weighted by atomic mass is 32.1. The number of para-hydroxylation sites is 1. The van der Waals surface area contributed by atoms with Crippen molar-refractivity contribution < 1.29 is 9.53 Å². The minimum Gasteiger partial charge on any atom is -0.457 e. The summed E-state index contributed by atoms with van der Waals surface area (Å²) in [6.07, 6.45) is 2.66. The molecule has 0 N–H and O–H groups in total. The first-order valence-electron chi connectivity index (χ1n) is 6.12. The molecule has 0 fully saturated rings. The molecule has 0 saturated heterocycles. The Labute approximate surface area is 118 Å². The molecular weight excluding hydrogens is 256 g/mol. The van der Waals surface area contributed by atoms with Gasteiger partial charge < -0.3 is 4.74 Å². The van der Waals surface area contributed by atoms with E-state index in [2.05, 4.69) is 12.6 Å². The molecule has 97 valence electrons. The average molecular weight is 271 g/mol. The van der Waals surface area contributed by atoms with Crippen molar-refractivity contribution in [1.82, 2.24) is 0 Å². The van der Waals surface area contributed by atoms with Crippen LogP contribution in [0.1, 0.15) is 5.56 Å². The molecule has 2 aromatic carbocycles. The third-order valence-electron chi connectivity index (χ3n) is 2.77. The molecule has 0 aliphatic rings. The van der Waals surface area contributed by atoms with Crippen molar-refractivity contribution in [3.05, 3.63) is 60.2 Å². The molecule has 0 aromatic heterocycles. The fraction of sp³-hybridized carbons (Fsp3) is 0.188. The van der Waals surface area contributed by atoms with Crippen LogP contribution in [0.2, 0.25) is 0 Å². The summed E-state index contributed by atoms with van der Waals surface area (Å²) in [5, 5.41) is 0. The number of carbonyl (C=O) groups excluding carboxylic acids is 1. The Bertz CT molecular complexity index is 508. The Morgan fingerprint density at radius 2 is 1.63 bits per heavy atom. The largest absolute Gasteiger partial charge is 0.457 e. The SMILES string of the molecule is O=[C]C(CS)Cc1ccc(Oc2ccccc2)cc1. The van der Waals surface area contributed by atoms with Crippen LogP contribution in [0, 0.1) is 5.92 Å². The first-order chi connectivity index (χ1) is 9.31. The van der Waals surface area contributed by atoms with Crippen LogP contribution in [0.3, 0.4) is 0 Å². The predicted molar refractivity (Wildman–Crippen MR) is 79.7 cm³/mol. The van der Waals surface area contributed by atoms with E-state index in [1.807, 2.05) is 60.9 Å². The molecule has 0 spiro atoms. The van der Waals surface area contributed by atoms with E-state index in [1.165, 1.54) is 0 Å². The number of hydrogen-bond acceptors (Lipinski definition) is 3. The monoisotopic (exact) mass is 271 g/mol. The van der Waals surface area contributed by atoms with Crippen molar-refractivity contribution >= 4 is 18.9 Å². The van der Waals surface area contributed by atoms with E-state index in [4.69, 9.17) is 4.74 Å². The standard InChI is InChI=1S/C16H15O2S/c17-11-14(12-19)10-13-6-8-16(9-7-13)18-15-4-2-1-3-5-15/h1-9,14,19H,10,12H2. The zero-order valence-electron chi connectivity index (χ0n) is 10.5. The van der Waals surface area contributed by atoms with Gasteiger partial charge in [0.1, 0.15) is 11.5 Å². The van der Waals surface area contributed by atoms with Gasteiger partial charge in [0, 0.05) is 11.7 Å². The first-order valence-corrected chi connectivity index (χ1v) is 6.75. The second-order valence-corrected chi connectivity index (χ2v) is 4.63. The molecule has 0 bridgehead atoms. The van der Waals surface area contributed by atoms with Gasteiger partial charge in [0.15, 0.2) is 0 Å². The lowest BCUT2D eigenvalue weighted by Crippen LogP contribution is -2.07. The number of ether oxygens (including phenoxy) is 1. The minimum absolute atomic E-state index is 0.149. The van der Waals surface area contributed by atoms with Gasteiger partial charge in [-0.25, -0.2) is 0 Å². The maximum atomic E-state index is 10.6. The molecule has 1 unspecified atom stereocenters. The molecule has 2 nitrogen and oxygen atoms in total. The van der Waals surface area contributed by atoms with Crippen molar-refractivity contribution in [3.63, 3.8) is 0 Å². The van der Waals surface area contributed by atoms with E-state index in [1.54, 1.807) is 0 Å². The molecule has 2 aromatic rings. The Morgan fingerprint density at radius 3 is 2.21 bits per heavy atom. The van der Waals surface area contributed by atoms with E-state index < -0.39 is 0 Å². The Morgan fingerprint density at radius 1 is 1.00 bits per heavy atom. The molecule has 1 radical (unpaired) electrons. The quantitative estimate of drug-likeness (QED) is 0.811. The van der Waals surface area contributed by atoms with E-state index >= 15 is 0 Å². The highest BCUT2D eigenvalue weighted by molar-refractivity contribution is 7.80. The van der Waals surface area contributed by atoms with E-state index in [0.29, 0.717) is 12.2 Å². The second-order valence-electron chi connectivity index (χ2n) is 4.26. The molecular formula is C16H15O2S. The van der Waals surface area contributed by atoms with Crippen LogP contribution < -0.4 is 4.74 Å². The zero-order chi connectivity index (χ0) is 13.5. The van der Waals surface area contributed by atoms with Crippen molar-refractivity contribution in [2.75, 3.05) is 5.75 Å². The Balaban J connectivity index is 2.00. The van der Waals surface area contributed by atoms with Gasteiger partial charge in [-0.1, -0.05) is 30.3 Å².